The third-order valence-corrected chi connectivity index (χ3v) is 3.67. The van der Waals surface area contributed by atoms with Crippen LogP contribution in [0.15, 0.2) is 36.7 Å². The molecule has 1 aliphatic rings. The first-order chi connectivity index (χ1) is 9.72. The Kier molecular flexibility index (Phi) is 4.93. The van der Waals surface area contributed by atoms with E-state index >= 15 is 0 Å². The first-order valence-electron chi connectivity index (χ1n) is 6.75. The van der Waals surface area contributed by atoms with Crippen LogP contribution in [0.2, 0.25) is 0 Å². The van der Waals surface area contributed by atoms with Crippen LogP contribution < -0.4 is 11.1 Å². The van der Waals surface area contributed by atoms with Crippen LogP contribution in [0.1, 0.15) is 19.3 Å². The molecule has 1 aromatic heterocycles. The van der Waals surface area contributed by atoms with Gasteiger partial charge in [-0.3, -0.25) is 4.79 Å². The van der Waals surface area contributed by atoms with Gasteiger partial charge in [-0.1, -0.05) is 5.21 Å². The van der Waals surface area contributed by atoms with Crippen molar-refractivity contribution in [3.05, 3.63) is 36.7 Å². The fourth-order valence-corrected chi connectivity index (χ4v) is 2.54. The highest BCUT2D eigenvalue weighted by Gasteiger charge is 2.27. The highest BCUT2D eigenvalue weighted by atomic mass is 35.5. The summed E-state index contributed by atoms with van der Waals surface area (Å²) in [4.78, 5) is 12.1. The second kappa shape index (κ2) is 6.69. The standard InChI is InChI=1S/C14H17N5O.ClH/c15-11-2-1-10(9-11)14(20)17-12-3-5-13(6-4-12)19-8-7-16-18-19;/h3-8,10-11H,1-2,9,15H2,(H,17,20);1H. The number of nitrogens with two attached hydrogens (primary N) is 1. The lowest BCUT2D eigenvalue weighted by Crippen LogP contribution is -2.23. The van der Waals surface area contributed by atoms with Crippen molar-refractivity contribution in [3.63, 3.8) is 0 Å². The van der Waals surface area contributed by atoms with Gasteiger partial charge in [-0.2, -0.15) is 0 Å². The zero-order valence-corrected chi connectivity index (χ0v) is 12.3. The molecule has 1 saturated carbocycles. The molecule has 2 unspecified atom stereocenters. The number of halogens is 1. The number of hydrogen-bond acceptors (Lipinski definition) is 4. The average molecular weight is 308 g/mol. The Labute approximate surface area is 129 Å². The molecule has 21 heavy (non-hydrogen) atoms. The lowest BCUT2D eigenvalue weighted by Gasteiger charge is -2.11. The maximum atomic E-state index is 12.1. The first kappa shape index (κ1) is 15.5. The molecule has 2 atom stereocenters. The third-order valence-electron chi connectivity index (χ3n) is 3.67. The van der Waals surface area contributed by atoms with Crippen molar-refractivity contribution in [2.75, 3.05) is 5.32 Å². The average Bonchev–Trinajstić information content (AvgIpc) is 3.10. The zero-order valence-electron chi connectivity index (χ0n) is 11.5. The summed E-state index contributed by atoms with van der Waals surface area (Å²) in [6.45, 7) is 0. The van der Waals surface area contributed by atoms with Crippen LogP contribution in [-0.4, -0.2) is 26.9 Å². The summed E-state index contributed by atoms with van der Waals surface area (Å²) in [5.41, 5.74) is 7.53. The minimum absolute atomic E-state index is 0. The molecule has 0 bridgehead atoms. The summed E-state index contributed by atoms with van der Waals surface area (Å²) in [6.07, 6.45) is 5.99. The summed E-state index contributed by atoms with van der Waals surface area (Å²) < 4.78 is 1.67. The Morgan fingerprint density at radius 2 is 2.05 bits per heavy atom. The Morgan fingerprint density at radius 1 is 1.29 bits per heavy atom. The zero-order chi connectivity index (χ0) is 13.9. The predicted octanol–water partition coefficient (Wildman–Crippen LogP) is 1.76. The number of anilines is 1. The molecule has 7 heteroatoms. The third kappa shape index (κ3) is 3.59. The monoisotopic (exact) mass is 307 g/mol. The minimum atomic E-state index is 0. The van der Waals surface area contributed by atoms with Gasteiger partial charge in [0.1, 0.15) is 0 Å². The van der Waals surface area contributed by atoms with Crippen LogP contribution >= 0.6 is 12.4 Å². The van der Waals surface area contributed by atoms with E-state index in [1.165, 1.54) is 0 Å². The quantitative estimate of drug-likeness (QED) is 0.904. The fourth-order valence-electron chi connectivity index (χ4n) is 2.54. The molecule has 1 amide bonds. The van der Waals surface area contributed by atoms with Gasteiger partial charge < -0.3 is 11.1 Å². The van der Waals surface area contributed by atoms with Crippen LogP contribution in [-0.2, 0) is 4.79 Å². The molecular formula is C14H18ClN5O. The number of aromatic nitrogens is 3. The van der Waals surface area contributed by atoms with E-state index in [2.05, 4.69) is 15.6 Å². The van der Waals surface area contributed by atoms with Crippen molar-refractivity contribution < 1.29 is 4.79 Å². The van der Waals surface area contributed by atoms with Gasteiger partial charge in [0.15, 0.2) is 0 Å². The number of benzene rings is 1. The number of rotatable bonds is 3. The van der Waals surface area contributed by atoms with E-state index in [4.69, 9.17) is 5.73 Å². The molecular weight excluding hydrogens is 290 g/mol. The van der Waals surface area contributed by atoms with Crippen molar-refractivity contribution >= 4 is 24.0 Å². The molecule has 1 aliphatic carbocycles. The molecule has 3 N–H and O–H groups in total. The highest BCUT2D eigenvalue weighted by Crippen LogP contribution is 2.25. The summed E-state index contributed by atoms with van der Waals surface area (Å²) >= 11 is 0. The Bertz CT molecular complexity index is 584. The van der Waals surface area contributed by atoms with E-state index in [1.807, 2.05) is 24.3 Å². The Morgan fingerprint density at radius 3 is 2.62 bits per heavy atom. The lowest BCUT2D eigenvalue weighted by molar-refractivity contribution is -0.119. The largest absolute Gasteiger partial charge is 0.328 e. The molecule has 1 aromatic carbocycles. The van der Waals surface area contributed by atoms with E-state index in [1.54, 1.807) is 17.1 Å². The molecule has 3 rings (SSSR count). The van der Waals surface area contributed by atoms with E-state index in [-0.39, 0.29) is 30.3 Å². The molecule has 1 heterocycles. The van der Waals surface area contributed by atoms with Gasteiger partial charge in [0.25, 0.3) is 0 Å². The molecule has 112 valence electrons. The molecule has 0 radical (unpaired) electrons. The van der Waals surface area contributed by atoms with Crippen LogP contribution in [0.5, 0.6) is 0 Å². The van der Waals surface area contributed by atoms with Gasteiger partial charge in [0.2, 0.25) is 5.91 Å². The van der Waals surface area contributed by atoms with Crippen molar-refractivity contribution in [1.29, 1.82) is 0 Å². The maximum Gasteiger partial charge on any atom is 0.227 e. The van der Waals surface area contributed by atoms with Crippen LogP contribution in [0.25, 0.3) is 5.69 Å². The van der Waals surface area contributed by atoms with Crippen LogP contribution in [0.3, 0.4) is 0 Å². The minimum Gasteiger partial charge on any atom is -0.328 e. The SMILES string of the molecule is Cl.NC1CCC(C(=O)Nc2ccc(-n3ccnn3)cc2)C1. The molecule has 1 fully saturated rings. The van der Waals surface area contributed by atoms with Crippen LogP contribution in [0.4, 0.5) is 5.69 Å². The highest BCUT2D eigenvalue weighted by molar-refractivity contribution is 5.92. The lowest BCUT2D eigenvalue weighted by atomic mass is 10.1. The van der Waals surface area contributed by atoms with E-state index in [0.29, 0.717) is 0 Å². The summed E-state index contributed by atoms with van der Waals surface area (Å²) in [5.74, 6) is 0.103. The number of nitrogens with one attached hydrogen (secondary N) is 1. The molecule has 0 saturated heterocycles. The van der Waals surface area contributed by atoms with Crippen LogP contribution in [0, 0.1) is 5.92 Å². The topological polar surface area (TPSA) is 85.8 Å². The summed E-state index contributed by atoms with van der Waals surface area (Å²) in [5, 5.41) is 10.6. The van der Waals surface area contributed by atoms with Gasteiger partial charge in [-0.05, 0) is 43.5 Å². The fraction of sp³-hybridized carbons (Fsp3) is 0.357. The predicted molar refractivity (Wildman–Crippen MR) is 82.6 cm³/mol. The first-order valence-corrected chi connectivity index (χ1v) is 6.75. The Hall–Kier alpha value is -1.92. The van der Waals surface area contributed by atoms with Gasteiger partial charge in [-0.15, -0.1) is 17.5 Å². The second-order valence-corrected chi connectivity index (χ2v) is 5.15. The van der Waals surface area contributed by atoms with Crippen molar-refractivity contribution in [2.45, 2.75) is 25.3 Å². The molecule has 6 nitrogen and oxygen atoms in total. The molecule has 0 spiro atoms. The smallest absolute Gasteiger partial charge is 0.227 e. The van der Waals surface area contributed by atoms with Crippen molar-refractivity contribution in [1.82, 2.24) is 15.0 Å². The normalized spacial score (nSPS) is 20.8. The van der Waals surface area contributed by atoms with Gasteiger partial charge in [0, 0.05) is 17.6 Å². The summed E-state index contributed by atoms with van der Waals surface area (Å²) in [6, 6.07) is 7.68. The number of nitrogens with zero attached hydrogens (tertiary/aromatic N) is 3. The molecule has 0 aliphatic heterocycles. The van der Waals surface area contributed by atoms with E-state index < -0.39 is 0 Å². The number of carbonyl (C=O) groups is 1. The summed E-state index contributed by atoms with van der Waals surface area (Å²) in [7, 11) is 0. The van der Waals surface area contributed by atoms with Gasteiger partial charge >= 0.3 is 0 Å². The van der Waals surface area contributed by atoms with Crippen molar-refractivity contribution in [3.8, 4) is 5.69 Å². The molecule has 2 aromatic rings. The van der Waals surface area contributed by atoms with Gasteiger partial charge in [0.05, 0.1) is 18.1 Å². The van der Waals surface area contributed by atoms with E-state index in [0.717, 1.165) is 30.6 Å². The second-order valence-electron chi connectivity index (χ2n) is 5.15. The maximum absolute atomic E-state index is 12.1. The Balaban J connectivity index is 0.00000161. The van der Waals surface area contributed by atoms with Crippen molar-refractivity contribution in [2.24, 2.45) is 11.7 Å². The van der Waals surface area contributed by atoms with E-state index in [9.17, 15) is 4.79 Å². The number of amides is 1. The number of carbonyl (C=O) groups excluding carboxylic acids is 1. The number of hydrogen-bond donors (Lipinski definition) is 2. The van der Waals surface area contributed by atoms with Gasteiger partial charge in [-0.25, -0.2) is 4.68 Å².